The van der Waals surface area contributed by atoms with E-state index in [1.807, 2.05) is 24.3 Å². The quantitative estimate of drug-likeness (QED) is 0.453. The number of aldehydes is 1. The maximum Gasteiger partial charge on any atom is 0.143 e. The van der Waals surface area contributed by atoms with Crippen molar-refractivity contribution in [1.82, 2.24) is 0 Å². The van der Waals surface area contributed by atoms with Gasteiger partial charge in [-0.15, -0.1) is 12.6 Å². The summed E-state index contributed by atoms with van der Waals surface area (Å²) < 4.78 is 4.99. The zero-order chi connectivity index (χ0) is 9.68. The average Bonchev–Trinajstić information content (AvgIpc) is 2.18. The number of benzene rings is 1. The van der Waals surface area contributed by atoms with Crippen molar-refractivity contribution in [2.45, 2.75) is 0 Å². The van der Waals surface area contributed by atoms with Gasteiger partial charge in [-0.1, -0.05) is 12.1 Å². The van der Waals surface area contributed by atoms with E-state index in [1.165, 1.54) is 6.08 Å². The standard InChI is InChI=1S/C10H10O2S/c1-12-9-4-2-8(3-5-9)10(13)6-7-11/h2-7,13H,1H3/b10-6-. The van der Waals surface area contributed by atoms with Gasteiger partial charge in [0, 0.05) is 4.91 Å². The van der Waals surface area contributed by atoms with Gasteiger partial charge in [0.25, 0.3) is 0 Å². The number of allylic oxidation sites excluding steroid dienone is 1. The van der Waals surface area contributed by atoms with Crippen LogP contribution in [0.2, 0.25) is 0 Å². The number of hydrogen-bond donors (Lipinski definition) is 1. The number of thiol groups is 1. The fourth-order valence-corrected chi connectivity index (χ4v) is 1.13. The molecule has 0 atom stereocenters. The molecule has 0 unspecified atom stereocenters. The molecular formula is C10H10O2S. The summed E-state index contributed by atoms with van der Waals surface area (Å²) in [5.74, 6) is 0.788. The summed E-state index contributed by atoms with van der Waals surface area (Å²) in [7, 11) is 1.61. The van der Waals surface area contributed by atoms with Gasteiger partial charge in [0.05, 0.1) is 7.11 Å². The van der Waals surface area contributed by atoms with Crippen LogP contribution in [0.5, 0.6) is 5.75 Å². The van der Waals surface area contributed by atoms with E-state index < -0.39 is 0 Å². The lowest BCUT2D eigenvalue weighted by molar-refractivity contribution is -0.104. The zero-order valence-corrected chi connectivity index (χ0v) is 8.12. The predicted octanol–water partition coefficient (Wildman–Crippen LogP) is 2.16. The molecule has 0 aliphatic rings. The van der Waals surface area contributed by atoms with Gasteiger partial charge >= 0.3 is 0 Å². The summed E-state index contributed by atoms with van der Waals surface area (Å²) >= 11 is 4.15. The summed E-state index contributed by atoms with van der Waals surface area (Å²) in [5.41, 5.74) is 0.899. The normalized spacial score (nSPS) is 11.1. The molecule has 0 saturated carbocycles. The summed E-state index contributed by atoms with van der Waals surface area (Å²) in [6.45, 7) is 0. The first kappa shape index (κ1) is 9.86. The van der Waals surface area contributed by atoms with Crippen LogP contribution in [0.1, 0.15) is 5.56 Å². The summed E-state index contributed by atoms with van der Waals surface area (Å²) in [4.78, 5) is 10.8. The monoisotopic (exact) mass is 194 g/mol. The van der Waals surface area contributed by atoms with Crippen molar-refractivity contribution < 1.29 is 9.53 Å². The molecule has 0 aromatic heterocycles. The second kappa shape index (κ2) is 4.72. The highest BCUT2D eigenvalue weighted by Crippen LogP contribution is 2.20. The number of carbonyl (C=O) groups is 1. The third-order valence-electron chi connectivity index (χ3n) is 1.61. The van der Waals surface area contributed by atoms with E-state index in [9.17, 15) is 4.79 Å². The van der Waals surface area contributed by atoms with Gasteiger partial charge in [0.15, 0.2) is 0 Å². The highest BCUT2D eigenvalue weighted by Gasteiger charge is 1.96. The largest absolute Gasteiger partial charge is 0.497 e. The summed E-state index contributed by atoms with van der Waals surface area (Å²) in [5, 5.41) is 0. The Morgan fingerprint density at radius 3 is 2.46 bits per heavy atom. The Labute approximate surface area is 82.6 Å². The van der Waals surface area contributed by atoms with Crippen molar-refractivity contribution in [3.8, 4) is 5.75 Å². The smallest absolute Gasteiger partial charge is 0.143 e. The third-order valence-corrected chi connectivity index (χ3v) is 2.02. The van der Waals surface area contributed by atoms with Gasteiger partial charge in [-0.2, -0.15) is 0 Å². The lowest BCUT2D eigenvalue weighted by Crippen LogP contribution is -1.83. The van der Waals surface area contributed by atoms with Gasteiger partial charge in [-0.3, -0.25) is 4.79 Å². The van der Waals surface area contributed by atoms with E-state index >= 15 is 0 Å². The Balaban J connectivity index is 2.91. The van der Waals surface area contributed by atoms with E-state index in [4.69, 9.17) is 4.74 Å². The van der Waals surface area contributed by atoms with Crippen LogP contribution in [0.15, 0.2) is 30.3 Å². The van der Waals surface area contributed by atoms with Crippen molar-refractivity contribution in [3.05, 3.63) is 35.9 Å². The lowest BCUT2D eigenvalue weighted by Gasteiger charge is -2.01. The Morgan fingerprint density at radius 2 is 2.00 bits per heavy atom. The molecule has 3 heteroatoms. The van der Waals surface area contributed by atoms with Crippen molar-refractivity contribution in [2.24, 2.45) is 0 Å². The summed E-state index contributed by atoms with van der Waals surface area (Å²) in [6.07, 6.45) is 2.12. The molecule has 1 aromatic carbocycles. The van der Waals surface area contributed by atoms with Crippen LogP contribution in [0.25, 0.3) is 4.91 Å². The second-order valence-corrected chi connectivity index (χ2v) is 2.90. The third kappa shape index (κ3) is 2.63. The van der Waals surface area contributed by atoms with Gasteiger partial charge in [0.2, 0.25) is 0 Å². The van der Waals surface area contributed by atoms with Gasteiger partial charge in [0.1, 0.15) is 12.0 Å². The molecule has 0 spiro atoms. The molecule has 1 aromatic rings. The average molecular weight is 194 g/mol. The minimum atomic E-state index is 0.651. The fourth-order valence-electron chi connectivity index (χ4n) is 0.922. The van der Waals surface area contributed by atoms with Crippen LogP contribution in [-0.2, 0) is 4.79 Å². The molecule has 0 bridgehead atoms. The van der Waals surface area contributed by atoms with Gasteiger partial charge in [-0.05, 0) is 23.8 Å². The minimum Gasteiger partial charge on any atom is -0.497 e. The van der Waals surface area contributed by atoms with Crippen molar-refractivity contribution in [2.75, 3.05) is 7.11 Å². The highest BCUT2D eigenvalue weighted by molar-refractivity contribution is 7.90. The van der Waals surface area contributed by atoms with Crippen LogP contribution >= 0.6 is 12.6 Å². The molecule has 0 aliphatic carbocycles. The van der Waals surface area contributed by atoms with Crippen molar-refractivity contribution in [3.63, 3.8) is 0 Å². The van der Waals surface area contributed by atoms with Gasteiger partial charge < -0.3 is 4.74 Å². The maximum atomic E-state index is 10.2. The molecule has 1 rings (SSSR count). The van der Waals surface area contributed by atoms with Crippen molar-refractivity contribution >= 4 is 23.8 Å². The first-order chi connectivity index (χ1) is 6.27. The molecular weight excluding hydrogens is 184 g/mol. The number of ether oxygens (including phenoxy) is 1. The molecule has 2 nitrogen and oxygen atoms in total. The van der Waals surface area contributed by atoms with E-state index in [0.29, 0.717) is 11.2 Å². The molecule has 0 N–H and O–H groups in total. The maximum absolute atomic E-state index is 10.2. The first-order valence-electron chi connectivity index (χ1n) is 3.77. The van der Waals surface area contributed by atoms with E-state index in [0.717, 1.165) is 11.3 Å². The molecule has 0 saturated heterocycles. The molecule has 0 fully saturated rings. The number of rotatable bonds is 3. The van der Waals surface area contributed by atoms with Crippen LogP contribution in [0.4, 0.5) is 0 Å². The van der Waals surface area contributed by atoms with Crippen LogP contribution < -0.4 is 4.74 Å². The highest BCUT2D eigenvalue weighted by atomic mass is 32.1. The number of carbonyl (C=O) groups excluding carboxylic acids is 1. The Hall–Kier alpha value is -1.22. The molecule has 0 aliphatic heterocycles. The number of hydrogen-bond acceptors (Lipinski definition) is 3. The first-order valence-corrected chi connectivity index (χ1v) is 4.21. The second-order valence-electron chi connectivity index (χ2n) is 2.42. The van der Waals surface area contributed by atoms with Crippen LogP contribution in [0, 0.1) is 0 Å². The van der Waals surface area contributed by atoms with Crippen LogP contribution in [0.3, 0.4) is 0 Å². The van der Waals surface area contributed by atoms with E-state index in [2.05, 4.69) is 12.6 Å². The minimum absolute atomic E-state index is 0.651. The lowest BCUT2D eigenvalue weighted by atomic mass is 10.2. The molecule has 0 radical (unpaired) electrons. The Kier molecular flexibility index (Phi) is 3.58. The zero-order valence-electron chi connectivity index (χ0n) is 7.23. The molecule has 13 heavy (non-hydrogen) atoms. The predicted molar refractivity (Wildman–Crippen MR) is 56.0 cm³/mol. The Morgan fingerprint density at radius 1 is 1.38 bits per heavy atom. The molecule has 0 heterocycles. The van der Waals surface area contributed by atoms with Gasteiger partial charge in [-0.25, -0.2) is 0 Å². The molecule has 68 valence electrons. The Bertz CT molecular complexity index is 314. The fraction of sp³-hybridized carbons (Fsp3) is 0.100. The number of methoxy groups -OCH3 is 1. The van der Waals surface area contributed by atoms with Crippen LogP contribution in [-0.4, -0.2) is 13.4 Å². The van der Waals surface area contributed by atoms with E-state index in [-0.39, 0.29) is 0 Å². The van der Waals surface area contributed by atoms with Crippen molar-refractivity contribution in [1.29, 1.82) is 0 Å². The summed E-state index contributed by atoms with van der Waals surface area (Å²) in [6, 6.07) is 7.34. The van der Waals surface area contributed by atoms with E-state index in [1.54, 1.807) is 7.11 Å². The topological polar surface area (TPSA) is 26.3 Å². The SMILES string of the molecule is COc1ccc(/C(S)=C/C=O)cc1. The molecule has 0 amide bonds.